The lowest BCUT2D eigenvalue weighted by atomic mass is 9.96. The molecule has 3 heteroatoms. The number of hydrogen-bond acceptors (Lipinski definition) is 2. The van der Waals surface area contributed by atoms with Crippen molar-refractivity contribution in [2.45, 2.75) is 31.1 Å². The van der Waals surface area contributed by atoms with Crippen LogP contribution >= 0.6 is 24.0 Å². The van der Waals surface area contributed by atoms with Crippen molar-refractivity contribution in [2.75, 3.05) is 0 Å². The number of thioether (sulfide) groups is 1. The molecule has 0 spiro atoms. The Kier molecular flexibility index (Phi) is 5.76. The summed E-state index contributed by atoms with van der Waals surface area (Å²) in [6.45, 7) is 11.5. The van der Waals surface area contributed by atoms with Crippen LogP contribution in [0.15, 0.2) is 72.8 Å². The van der Waals surface area contributed by atoms with Gasteiger partial charge in [-0.1, -0.05) is 78.9 Å². The molecule has 0 amide bonds. The van der Waals surface area contributed by atoms with Crippen molar-refractivity contribution in [3.63, 3.8) is 0 Å². The lowest BCUT2D eigenvalue weighted by Gasteiger charge is -2.21. The van der Waals surface area contributed by atoms with E-state index in [2.05, 4.69) is 47.3 Å². The maximum Gasteiger partial charge on any atom is 0.228 e. The molecule has 0 aromatic heterocycles. The first-order valence-electron chi connectivity index (χ1n) is 8.62. The van der Waals surface area contributed by atoms with Crippen LogP contribution in [0.5, 0.6) is 0 Å². The van der Waals surface area contributed by atoms with Crippen LogP contribution in [-0.2, 0) is 0 Å². The lowest BCUT2D eigenvalue weighted by molar-refractivity contribution is 0.551. The van der Waals surface area contributed by atoms with Gasteiger partial charge in [-0.15, -0.1) is 11.8 Å². The van der Waals surface area contributed by atoms with Crippen LogP contribution in [-0.4, -0.2) is 9.74 Å². The zero-order chi connectivity index (χ0) is 18.6. The highest BCUT2D eigenvalue weighted by Crippen LogP contribution is 2.39. The first-order chi connectivity index (χ1) is 12.5. The third-order valence-corrected chi connectivity index (χ3v) is 6.09. The standard InChI is InChI=1S/C23H21NS2/c1-23(2,24-3)16-21(18-10-5-4-6-11-18)26-22(25)20-14-13-17-9-7-8-12-19(17)15-20/h4-15,21H,16H2,1-2H3. The van der Waals surface area contributed by atoms with Gasteiger partial charge in [0.2, 0.25) is 5.54 Å². The third-order valence-electron chi connectivity index (χ3n) is 4.39. The van der Waals surface area contributed by atoms with Crippen LogP contribution in [0, 0.1) is 6.57 Å². The number of fused-ring (bicyclic) bond motifs is 1. The van der Waals surface area contributed by atoms with Gasteiger partial charge >= 0.3 is 0 Å². The lowest BCUT2D eigenvalue weighted by Crippen LogP contribution is -2.18. The monoisotopic (exact) mass is 375 g/mol. The number of nitrogens with zero attached hydrogens (tertiary/aromatic N) is 1. The van der Waals surface area contributed by atoms with Gasteiger partial charge in [0.1, 0.15) is 0 Å². The van der Waals surface area contributed by atoms with Gasteiger partial charge in [-0.05, 0) is 28.0 Å². The summed E-state index contributed by atoms with van der Waals surface area (Å²) in [6.07, 6.45) is 0.763. The molecule has 130 valence electrons. The van der Waals surface area contributed by atoms with Crippen LogP contribution in [0.3, 0.4) is 0 Å². The Balaban J connectivity index is 1.87. The number of thiocarbonyl (C=S) groups is 1. The number of hydrogen-bond donors (Lipinski definition) is 0. The fourth-order valence-corrected chi connectivity index (χ4v) is 4.69. The van der Waals surface area contributed by atoms with E-state index in [-0.39, 0.29) is 5.25 Å². The molecule has 0 bridgehead atoms. The Morgan fingerprint density at radius 2 is 1.65 bits per heavy atom. The minimum Gasteiger partial charge on any atom is -0.311 e. The summed E-state index contributed by atoms with van der Waals surface area (Å²) >= 11 is 7.46. The molecule has 3 aromatic carbocycles. The molecular weight excluding hydrogens is 354 g/mol. The van der Waals surface area contributed by atoms with E-state index in [1.807, 2.05) is 44.2 Å². The predicted molar refractivity (Wildman–Crippen MR) is 118 cm³/mol. The Morgan fingerprint density at radius 1 is 1.00 bits per heavy atom. The Bertz CT molecular complexity index is 955. The van der Waals surface area contributed by atoms with Crippen LogP contribution in [0.4, 0.5) is 0 Å². The summed E-state index contributed by atoms with van der Waals surface area (Å²) in [5.41, 5.74) is 1.88. The van der Waals surface area contributed by atoms with Gasteiger partial charge in [0.05, 0.1) is 4.20 Å². The van der Waals surface area contributed by atoms with Crippen LogP contribution in [0.25, 0.3) is 15.6 Å². The van der Waals surface area contributed by atoms with Crippen molar-refractivity contribution in [1.82, 2.24) is 0 Å². The van der Waals surface area contributed by atoms with Crippen molar-refractivity contribution in [3.05, 3.63) is 95.3 Å². The Labute approximate surface area is 165 Å². The molecule has 0 radical (unpaired) electrons. The molecule has 0 aliphatic heterocycles. The fourth-order valence-electron chi connectivity index (χ4n) is 2.91. The van der Waals surface area contributed by atoms with Gasteiger partial charge in [-0.2, -0.15) is 0 Å². The molecule has 1 nitrogen and oxygen atoms in total. The molecule has 0 saturated heterocycles. The summed E-state index contributed by atoms with van der Waals surface area (Å²) in [4.78, 5) is 3.80. The molecule has 1 unspecified atom stereocenters. The Hall–Kier alpha value is -2.15. The molecule has 0 saturated carbocycles. The van der Waals surface area contributed by atoms with E-state index in [0.29, 0.717) is 0 Å². The van der Waals surface area contributed by atoms with E-state index in [0.717, 1.165) is 16.2 Å². The first kappa shape index (κ1) is 18.6. The van der Waals surface area contributed by atoms with E-state index in [1.165, 1.54) is 16.3 Å². The zero-order valence-corrected chi connectivity index (χ0v) is 16.6. The second kappa shape index (κ2) is 8.03. The first-order valence-corrected chi connectivity index (χ1v) is 9.91. The average Bonchev–Trinajstić information content (AvgIpc) is 2.67. The van der Waals surface area contributed by atoms with E-state index >= 15 is 0 Å². The van der Waals surface area contributed by atoms with Crippen molar-refractivity contribution >= 4 is 38.9 Å². The topological polar surface area (TPSA) is 4.36 Å². The highest BCUT2D eigenvalue weighted by Gasteiger charge is 2.30. The van der Waals surface area contributed by atoms with Crippen LogP contribution in [0.1, 0.15) is 36.6 Å². The van der Waals surface area contributed by atoms with Gasteiger partial charge < -0.3 is 4.85 Å². The summed E-state index contributed by atoms with van der Waals surface area (Å²) in [6, 6.07) is 25.1. The van der Waals surface area contributed by atoms with Crippen LogP contribution < -0.4 is 0 Å². The molecule has 0 N–H and O–H groups in total. The largest absolute Gasteiger partial charge is 0.311 e. The van der Waals surface area contributed by atoms with E-state index < -0.39 is 5.54 Å². The van der Waals surface area contributed by atoms with E-state index in [9.17, 15) is 0 Å². The molecule has 0 aliphatic carbocycles. The molecular formula is C23H21NS2. The van der Waals surface area contributed by atoms with E-state index in [1.54, 1.807) is 11.8 Å². The summed E-state index contributed by atoms with van der Waals surface area (Å²) in [7, 11) is 0. The van der Waals surface area contributed by atoms with E-state index in [4.69, 9.17) is 18.8 Å². The molecule has 3 aromatic rings. The fraction of sp³-hybridized carbons (Fsp3) is 0.217. The molecule has 0 fully saturated rings. The summed E-state index contributed by atoms with van der Waals surface area (Å²) in [5, 5.41) is 2.59. The second-order valence-corrected chi connectivity index (χ2v) is 8.87. The maximum absolute atomic E-state index is 7.48. The third kappa shape index (κ3) is 4.52. The number of rotatable bonds is 5. The highest BCUT2D eigenvalue weighted by atomic mass is 32.2. The van der Waals surface area contributed by atoms with Gasteiger partial charge in [-0.25, -0.2) is 6.57 Å². The van der Waals surface area contributed by atoms with Crippen LogP contribution in [0.2, 0.25) is 0 Å². The van der Waals surface area contributed by atoms with Crippen molar-refractivity contribution in [1.29, 1.82) is 0 Å². The molecule has 3 rings (SSSR count). The SMILES string of the molecule is [C-]#[N+]C(C)(C)CC(SC(=S)c1ccc2ccccc2c1)c1ccccc1. The number of benzene rings is 3. The predicted octanol–water partition coefficient (Wildman–Crippen LogP) is 7.08. The summed E-state index contributed by atoms with van der Waals surface area (Å²) < 4.78 is 0.880. The van der Waals surface area contributed by atoms with Crippen molar-refractivity contribution in [2.24, 2.45) is 0 Å². The molecule has 0 aliphatic rings. The smallest absolute Gasteiger partial charge is 0.228 e. The molecule has 26 heavy (non-hydrogen) atoms. The molecule has 1 atom stereocenters. The Morgan fingerprint density at radius 3 is 2.35 bits per heavy atom. The normalized spacial score (nSPS) is 12.5. The van der Waals surface area contributed by atoms with Crippen molar-refractivity contribution in [3.8, 4) is 0 Å². The quantitative estimate of drug-likeness (QED) is 0.347. The van der Waals surface area contributed by atoms with Gasteiger partial charge in [0.25, 0.3) is 0 Å². The average molecular weight is 376 g/mol. The van der Waals surface area contributed by atoms with Gasteiger partial charge in [0.15, 0.2) is 0 Å². The highest BCUT2D eigenvalue weighted by molar-refractivity contribution is 8.23. The second-order valence-electron chi connectivity index (χ2n) is 6.99. The minimum atomic E-state index is -0.410. The van der Waals surface area contributed by atoms with Gasteiger partial charge in [0, 0.05) is 25.5 Å². The zero-order valence-electron chi connectivity index (χ0n) is 15.0. The van der Waals surface area contributed by atoms with Crippen molar-refractivity contribution < 1.29 is 0 Å². The van der Waals surface area contributed by atoms with Gasteiger partial charge in [-0.3, -0.25) is 0 Å². The summed E-state index contributed by atoms with van der Waals surface area (Å²) in [5.74, 6) is 0. The minimum absolute atomic E-state index is 0.166. The molecule has 0 heterocycles. The maximum atomic E-state index is 7.48.